The lowest BCUT2D eigenvalue weighted by atomic mass is 10.1. The lowest BCUT2D eigenvalue weighted by molar-refractivity contribution is 0.288. The summed E-state index contributed by atoms with van der Waals surface area (Å²) >= 11 is 6.26. The second-order valence-electron chi connectivity index (χ2n) is 4.71. The summed E-state index contributed by atoms with van der Waals surface area (Å²) in [5, 5.41) is 1.23. The Labute approximate surface area is 124 Å². The van der Waals surface area contributed by atoms with Gasteiger partial charge in [0.2, 0.25) is 0 Å². The van der Waals surface area contributed by atoms with Crippen LogP contribution in [0.2, 0.25) is 5.15 Å². The first-order valence-corrected chi connectivity index (χ1v) is 7.21. The Morgan fingerprint density at radius 2 is 1.65 bits per heavy atom. The van der Waals surface area contributed by atoms with Crippen LogP contribution < -0.4 is 9.47 Å². The molecule has 0 radical (unpaired) electrons. The number of ether oxygens (including phenoxy) is 2. The first-order chi connectivity index (χ1) is 9.56. The van der Waals surface area contributed by atoms with Gasteiger partial charge in [0.25, 0.3) is 0 Å². The molecule has 20 heavy (non-hydrogen) atoms. The fourth-order valence-corrected chi connectivity index (χ4v) is 2.15. The number of rotatable bonds is 5. The SMILES string of the molecule is CCOc1cc2nc(C(C)C)nc(Cl)c2cc1OCC. The third kappa shape index (κ3) is 2.96. The van der Waals surface area contributed by atoms with E-state index in [1.54, 1.807) is 0 Å². The largest absolute Gasteiger partial charge is 0.490 e. The summed E-state index contributed by atoms with van der Waals surface area (Å²) in [6.45, 7) is 9.08. The van der Waals surface area contributed by atoms with E-state index in [9.17, 15) is 0 Å². The lowest BCUT2D eigenvalue weighted by Crippen LogP contribution is -2.02. The van der Waals surface area contributed by atoms with Crippen LogP contribution in [0.15, 0.2) is 12.1 Å². The van der Waals surface area contributed by atoms with Gasteiger partial charge in [-0.05, 0) is 19.9 Å². The summed E-state index contributed by atoms with van der Waals surface area (Å²) in [4.78, 5) is 8.88. The Hall–Kier alpha value is -1.55. The molecule has 4 nitrogen and oxygen atoms in total. The molecular formula is C15H19ClN2O2. The second-order valence-corrected chi connectivity index (χ2v) is 5.07. The summed E-state index contributed by atoms with van der Waals surface area (Å²) in [5.74, 6) is 2.31. The second kappa shape index (κ2) is 6.27. The normalized spacial score (nSPS) is 11.1. The highest BCUT2D eigenvalue weighted by Gasteiger charge is 2.14. The molecule has 0 bridgehead atoms. The van der Waals surface area contributed by atoms with Crippen molar-refractivity contribution in [3.05, 3.63) is 23.1 Å². The van der Waals surface area contributed by atoms with Gasteiger partial charge in [-0.1, -0.05) is 25.4 Å². The van der Waals surface area contributed by atoms with Crippen LogP contribution >= 0.6 is 11.6 Å². The van der Waals surface area contributed by atoms with Gasteiger partial charge in [0.15, 0.2) is 11.5 Å². The Morgan fingerprint density at radius 1 is 1.05 bits per heavy atom. The quantitative estimate of drug-likeness (QED) is 0.775. The third-order valence-corrected chi connectivity index (χ3v) is 3.14. The Kier molecular flexibility index (Phi) is 4.65. The van der Waals surface area contributed by atoms with E-state index < -0.39 is 0 Å². The highest BCUT2D eigenvalue weighted by atomic mass is 35.5. The molecule has 0 aliphatic heterocycles. The maximum atomic E-state index is 6.26. The van der Waals surface area contributed by atoms with Crippen molar-refractivity contribution in [3.63, 3.8) is 0 Å². The van der Waals surface area contributed by atoms with Crippen molar-refractivity contribution in [2.75, 3.05) is 13.2 Å². The molecule has 0 spiro atoms. The molecule has 0 fully saturated rings. The Bertz CT molecular complexity index is 614. The van der Waals surface area contributed by atoms with Crippen molar-refractivity contribution < 1.29 is 9.47 Å². The van der Waals surface area contributed by atoms with E-state index in [4.69, 9.17) is 21.1 Å². The van der Waals surface area contributed by atoms with Crippen molar-refractivity contribution in [2.24, 2.45) is 0 Å². The fourth-order valence-electron chi connectivity index (χ4n) is 1.91. The maximum Gasteiger partial charge on any atom is 0.163 e. The molecule has 0 atom stereocenters. The summed E-state index contributed by atoms with van der Waals surface area (Å²) in [5.41, 5.74) is 0.778. The number of hydrogen-bond donors (Lipinski definition) is 0. The van der Waals surface area contributed by atoms with Crippen LogP contribution in [0.1, 0.15) is 39.4 Å². The third-order valence-electron chi connectivity index (χ3n) is 2.85. The molecule has 0 saturated heterocycles. The zero-order valence-corrected chi connectivity index (χ0v) is 13.0. The van der Waals surface area contributed by atoms with Gasteiger partial charge in [-0.2, -0.15) is 0 Å². The predicted octanol–water partition coefficient (Wildman–Crippen LogP) is 4.20. The van der Waals surface area contributed by atoms with Gasteiger partial charge in [0.05, 0.1) is 18.7 Å². The smallest absolute Gasteiger partial charge is 0.163 e. The molecule has 2 aromatic rings. The van der Waals surface area contributed by atoms with Crippen LogP contribution in [0, 0.1) is 0 Å². The Balaban J connectivity index is 2.63. The van der Waals surface area contributed by atoms with Crippen molar-refractivity contribution in [3.8, 4) is 11.5 Å². The van der Waals surface area contributed by atoms with Gasteiger partial charge in [0.1, 0.15) is 11.0 Å². The average Bonchev–Trinajstić information content (AvgIpc) is 2.40. The van der Waals surface area contributed by atoms with Gasteiger partial charge in [-0.25, -0.2) is 9.97 Å². The standard InChI is InChI=1S/C15H19ClN2O2/c1-5-19-12-7-10-11(8-13(12)20-6-2)17-15(9(3)4)18-14(10)16/h7-9H,5-6H2,1-4H3. The molecule has 0 saturated carbocycles. The minimum absolute atomic E-state index is 0.221. The molecule has 2 rings (SSSR count). The number of fused-ring (bicyclic) bond motifs is 1. The van der Waals surface area contributed by atoms with Crippen LogP contribution in [-0.4, -0.2) is 23.2 Å². The van der Waals surface area contributed by atoms with Crippen LogP contribution in [0.4, 0.5) is 0 Å². The van der Waals surface area contributed by atoms with Gasteiger partial charge >= 0.3 is 0 Å². The van der Waals surface area contributed by atoms with Crippen molar-refractivity contribution in [1.82, 2.24) is 9.97 Å². The maximum absolute atomic E-state index is 6.26. The molecule has 1 aromatic heterocycles. The zero-order valence-electron chi connectivity index (χ0n) is 12.2. The summed E-state index contributed by atoms with van der Waals surface area (Å²) in [6.07, 6.45) is 0. The number of nitrogens with zero attached hydrogens (tertiary/aromatic N) is 2. The van der Waals surface area contributed by atoms with Crippen LogP contribution in [0.25, 0.3) is 10.9 Å². The van der Waals surface area contributed by atoms with Crippen LogP contribution in [0.5, 0.6) is 11.5 Å². The van der Waals surface area contributed by atoms with Crippen LogP contribution in [-0.2, 0) is 0 Å². The zero-order chi connectivity index (χ0) is 14.7. The van der Waals surface area contributed by atoms with Crippen molar-refractivity contribution >= 4 is 22.5 Å². The minimum atomic E-state index is 0.221. The molecule has 1 aromatic carbocycles. The first-order valence-electron chi connectivity index (χ1n) is 6.83. The van der Waals surface area contributed by atoms with E-state index in [1.165, 1.54) is 0 Å². The number of aromatic nitrogens is 2. The van der Waals surface area contributed by atoms with E-state index >= 15 is 0 Å². The predicted molar refractivity (Wildman–Crippen MR) is 81.0 cm³/mol. The van der Waals surface area contributed by atoms with Gasteiger partial charge in [-0.3, -0.25) is 0 Å². The highest BCUT2D eigenvalue weighted by Crippen LogP contribution is 2.34. The Morgan fingerprint density at radius 3 is 2.20 bits per heavy atom. The average molecular weight is 295 g/mol. The number of halogens is 1. The summed E-state index contributed by atoms with van der Waals surface area (Å²) in [7, 11) is 0. The molecule has 0 unspecified atom stereocenters. The molecular weight excluding hydrogens is 276 g/mol. The molecule has 0 aliphatic carbocycles. The van der Waals surface area contributed by atoms with Crippen molar-refractivity contribution in [1.29, 1.82) is 0 Å². The summed E-state index contributed by atoms with van der Waals surface area (Å²) < 4.78 is 11.2. The van der Waals surface area contributed by atoms with E-state index in [1.807, 2.05) is 39.8 Å². The molecule has 108 valence electrons. The van der Waals surface area contributed by atoms with E-state index in [0.29, 0.717) is 29.9 Å². The van der Waals surface area contributed by atoms with Crippen molar-refractivity contribution in [2.45, 2.75) is 33.6 Å². The van der Waals surface area contributed by atoms with E-state index in [-0.39, 0.29) is 5.92 Å². The molecule has 0 amide bonds. The van der Waals surface area contributed by atoms with E-state index in [2.05, 4.69) is 9.97 Å². The fraction of sp³-hybridized carbons (Fsp3) is 0.467. The minimum Gasteiger partial charge on any atom is -0.490 e. The van der Waals surface area contributed by atoms with E-state index in [0.717, 1.165) is 16.7 Å². The van der Waals surface area contributed by atoms with Gasteiger partial charge in [0, 0.05) is 17.4 Å². The lowest BCUT2D eigenvalue weighted by Gasteiger charge is -2.13. The monoisotopic (exact) mass is 294 g/mol. The molecule has 5 heteroatoms. The molecule has 0 aliphatic rings. The van der Waals surface area contributed by atoms with Gasteiger partial charge in [-0.15, -0.1) is 0 Å². The van der Waals surface area contributed by atoms with Crippen LogP contribution in [0.3, 0.4) is 0 Å². The topological polar surface area (TPSA) is 44.2 Å². The summed E-state index contributed by atoms with van der Waals surface area (Å²) in [6, 6.07) is 3.71. The first kappa shape index (κ1) is 14.9. The molecule has 1 heterocycles. The molecule has 0 N–H and O–H groups in total. The highest BCUT2D eigenvalue weighted by molar-refractivity contribution is 6.34. The number of benzene rings is 1. The number of hydrogen-bond acceptors (Lipinski definition) is 4. The van der Waals surface area contributed by atoms with Gasteiger partial charge < -0.3 is 9.47 Å².